The first-order valence-corrected chi connectivity index (χ1v) is 10.4. The fourth-order valence-electron chi connectivity index (χ4n) is 4.05. The van der Waals surface area contributed by atoms with Gasteiger partial charge >= 0.3 is 6.03 Å². The third kappa shape index (κ3) is 4.23. The lowest BCUT2D eigenvalue weighted by atomic mass is 9.96. The van der Waals surface area contributed by atoms with Gasteiger partial charge in [-0.3, -0.25) is 4.79 Å². The molecule has 2 aromatic rings. The minimum atomic E-state index is -0.0813. The van der Waals surface area contributed by atoms with Crippen molar-refractivity contribution in [3.63, 3.8) is 0 Å². The van der Waals surface area contributed by atoms with E-state index in [4.69, 9.17) is 0 Å². The molecule has 1 aromatic carbocycles. The number of rotatable bonds is 4. The number of aryl methyl sites for hydroxylation is 1. The molecule has 1 aromatic heterocycles. The van der Waals surface area contributed by atoms with Crippen molar-refractivity contribution in [2.45, 2.75) is 39.2 Å². The van der Waals surface area contributed by atoms with E-state index in [1.165, 1.54) is 0 Å². The molecular formula is C20H27N7O2. The van der Waals surface area contributed by atoms with Gasteiger partial charge in [0.1, 0.15) is 0 Å². The standard InChI is InChI=1S/C20H27N7O2/c1-2-27-18(22-23-24-27)16-6-5-7-17(14-16)21-19(28)15-8-12-26(13-9-15)20(29)25-10-3-4-11-25/h5-7,14-15H,2-4,8-13H2,1H3,(H,21,28). The van der Waals surface area contributed by atoms with Gasteiger partial charge in [0, 0.05) is 49.9 Å². The van der Waals surface area contributed by atoms with Crippen LogP contribution in [0.5, 0.6) is 0 Å². The number of urea groups is 1. The van der Waals surface area contributed by atoms with Gasteiger partial charge in [0.25, 0.3) is 0 Å². The average molecular weight is 397 g/mol. The van der Waals surface area contributed by atoms with Crippen LogP contribution >= 0.6 is 0 Å². The van der Waals surface area contributed by atoms with Crippen LogP contribution < -0.4 is 5.32 Å². The van der Waals surface area contributed by atoms with Gasteiger partial charge in [0.05, 0.1) is 0 Å². The van der Waals surface area contributed by atoms with Crippen molar-refractivity contribution >= 4 is 17.6 Å². The maximum Gasteiger partial charge on any atom is 0.319 e. The van der Waals surface area contributed by atoms with Gasteiger partial charge in [-0.15, -0.1) is 5.10 Å². The quantitative estimate of drug-likeness (QED) is 0.853. The van der Waals surface area contributed by atoms with E-state index in [0.717, 1.165) is 37.2 Å². The molecule has 0 spiro atoms. The van der Waals surface area contributed by atoms with E-state index in [0.29, 0.717) is 38.3 Å². The maximum atomic E-state index is 12.8. The summed E-state index contributed by atoms with van der Waals surface area (Å²) >= 11 is 0. The van der Waals surface area contributed by atoms with Crippen LogP contribution in [0.25, 0.3) is 11.4 Å². The summed E-state index contributed by atoms with van der Waals surface area (Å²) in [5, 5.41) is 14.8. The topological polar surface area (TPSA) is 96.2 Å². The largest absolute Gasteiger partial charge is 0.326 e. The number of hydrogen-bond donors (Lipinski definition) is 1. The van der Waals surface area contributed by atoms with Gasteiger partial charge in [-0.05, 0) is 55.2 Å². The molecule has 9 heteroatoms. The number of hydrogen-bond acceptors (Lipinski definition) is 5. The highest BCUT2D eigenvalue weighted by Crippen LogP contribution is 2.24. The summed E-state index contributed by atoms with van der Waals surface area (Å²) in [6.07, 6.45) is 3.57. The molecule has 3 heterocycles. The molecule has 29 heavy (non-hydrogen) atoms. The number of tetrazole rings is 1. The molecule has 0 radical (unpaired) electrons. The number of piperidine rings is 1. The number of aromatic nitrogens is 4. The van der Waals surface area contributed by atoms with Gasteiger partial charge in [0.15, 0.2) is 5.82 Å². The van der Waals surface area contributed by atoms with E-state index in [2.05, 4.69) is 20.8 Å². The molecule has 154 valence electrons. The van der Waals surface area contributed by atoms with E-state index < -0.39 is 0 Å². The van der Waals surface area contributed by atoms with Crippen LogP contribution in [0.1, 0.15) is 32.6 Å². The van der Waals surface area contributed by atoms with Crippen LogP contribution in [0, 0.1) is 5.92 Å². The zero-order valence-electron chi connectivity index (χ0n) is 16.8. The second-order valence-corrected chi connectivity index (χ2v) is 7.63. The number of amides is 3. The Labute approximate surface area is 170 Å². The SMILES string of the molecule is CCn1nnnc1-c1cccc(NC(=O)C2CCN(C(=O)N3CCCC3)CC2)c1. The zero-order chi connectivity index (χ0) is 20.2. The molecule has 1 N–H and O–H groups in total. The van der Waals surface area contributed by atoms with Crippen LogP contribution in [-0.4, -0.2) is 68.1 Å². The maximum absolute atomic E-state index is 12.8. The first-order chi connectivity index (χ1) is 14.2. The van der Waals surface area contributed by atoms with Gasteiger partial charge in [-0.25, -0.2) is 9.48 Å². The van der Waals surface area contributed by atoms with Crippen LogP contribution in [-0.2, 0) is 11.3 Å². The molecule has 2 aliphatic heterocycles. The lowest BCUT2D eigenvalue weighted by molar-refractivity contribution is -0.121. The van der Waals surface area contributed by atoms with Gasteiger partial charge in [0.2, 0.25) is 5.91 Å². The summed E-state index contributed by atoms with van der Waals surface area (Å²) in [4.78, 5) is 29.1. The van der Waals surface area contributed by atoms with Gasteiger partial charge in [-0.2, -0.15) is 0 Å². The van der Waals surface area contributed by atoms with E-state index in [-0.39, 0.29) is 17.9 Å². The fourth-order valence-corrected chi connectivity index (χ4v) is 4.05. The second kappa shape index (κ2) is 8.59. The monoisotopic (exact) mass is 397 g/mol. The van der Waals surface area contributed by atoms with E-state index in [1.807, 2.05) is 41.0 Å². The van der Waals surface area contributed by atoms with Crippen molar-refractivity contribution < 1.29 is 9.59 Å². The first-order valence-electron chi connectivity index (χ1n) is 10.4. The summed E-state index contributed by atoms with van der Waals surface area (Å²) in [7, 11) is 0. The number of nitrogens with one attached hydrogen (secondary N) is 1. The molecular weight excluding hydrogens is 370 g/mol. The van der Waals surface area contributed by atoms with Crippen molar-refractivity contribution in [2.24, 2.45) is 5.92 Å². The predicted octanol–water partition coefficient (Wildman–Crippen LogP) is 2.23. The fraction of sp³-hybridized carbons (Fsp3) is 0.550. The number of likely N-dealkylation sites (tertiary alicyclic amines) is 2. The van der Waals surface area contributed by atoms with Crippen molar-refractivity contribution in [3.05, 3.63) is 24.3 Å². The van der Waals surface area contributed by atoms with Crippen LogP contribution in [0.4, 0.5) is 10.5 Å². The Balaban J connectivity index is 1.34. The molecule has 0 saturated carbocycles. The lowest BCUT2D eigenvalue weighted by Gasteiger charge is -2.34. The Morgan fingerprint density at radius 1 is 1.10 bits per heavy atom. The summed E-state index contributed by atoms with van der Waals surface area (Å²) in [6.45, 7) is 5.64. The molecule has 0 bridgehead atoms. The Bertz CT molecular complexity index is 867. The Morgan fingerprint density at radius 3 is 2.55 bits per heavy atom. The lowest BCUT2D eigenvalue weighted by Crippen LogP contribution is -2.47. The van der Waals surface area contributed by atoms with E-state index >= 15 is 0 Å². The van der Waals surface area contributed by atoms with Crippen molar-refractivity contribution in [1.29, 1.82) is 0 Å². The third-order valence-corrected chi connectivity index (χ3v) is 5.73. The van der Waals surface area contributed by atoms with Gasteiger partial charge in [-0.1, -0.05) is 12.1 Å². The van der Waals surface area contributed by atoms with Crippen molar-refractivity contribution in [2.75, 3.05) is 31.5 Å². The number of nitrogens with zero attached hydrogens (tertiary/aromatic N) is 6. The molecule has 0 atom stereocenters. The normalized spacial score (nSPS) is 17.6. The Kier molecular flexibility index (Phi) is 5.73. The van der Waals surface area contributed by atoms with Crippen molar-refractivity contribution in [3.8, 4) is 11.4 Å². The Hall–Kier alpha value is -2.97. The third-order valence-electron chi connectivity index (χ3n) is 5.73. The molecule has 2 saturated heterocycles. The number of anilines is 1. The van der Waals surface area contributed by atoms with Crippen molar-refractivity contribution in [1.82, 2.24) is 30.0 Å². The zero-order valence-corrected chi connectivity index (χ0v) is 16.8. The highest BCUT2D eigenvalue weighted by molar-refractivity contribution is 5.93. The molecule has 0 unspecified atom stereocenters. The molecule has 2 aliphatic rings. The smallest absolute Gasteiger partial charge is 0.319 e. The Morgan fingerprint density at radius 2 is 1.83 bits per heavy atom. The molecule has 2 fully saturated rings. The minimum Gasteiger partial charge on any atom is -0.326 e. The summed E-state index contributed by atoms with van der Waals surface area (Å²) in [5.41, 5.74) is 1.59. The van der Waals surface area contributed by atoms with E-state index in [1.54, 1.807) is 4.68 Å². The molecule has 4 rings (SSSR count). The van der Waals surface area contributed by atoms with Crippen LogP contribution in [0.15, 0.2) is 24.3 Å². The number of benzene rings is 1. The first kappa shape index (κ1) is 19.4. The second-order valence-electron chi connectivity index (χ2n) is 7.63. The summed E-state index contributed by atoms with van der Waals surface area (Å²) < 4.78 is 1.72. The van der Waals surface area contributed by atoms with E-state index in [9.17, 15) is 9.59 Å². The summed E-state index contributed by atoms with van der Waals surface area (Å²) in [5.74, 6) is 0.602. The van der Waals surface area contributed by atoms with Crippen LogP contribution in [0.2, 0.25) is 0 Å². The average Bonchev–Trinajstić information content (AvgIpc) is 3.45. The highest BCUT2D eigenvalue weighted by Gasteiger charge is 2.30. The predicted molar refractivity (Wildman–Crippen MR) is 108 cm³/mol. The molecule has 9 nitrogen and oxygen atoms in total. The van der Waals surface area contributed by atoms with Crippen LogP contribution in [0.3, 0.4) is 0 Å². The molecule has 0 aliphatic carbocycles. The number of carbonyl (C=O) groups excluding carboxylic acids is 2. The molecule has 3 amide bonds. The summed E-state index contributed by atoms with van der Waals surface area (Å²) in [6, 6.07) is 7.70. The minimum absolute atomic E-state index is 0.00510. The van der Waals surface area contributed by atoms with Gasteiger partial charge < -0.3 is 15.1 Å². The highest BCUT2D eigenvalue weighted by atomic mass is 16.2. The number of carbonyl (C=O) groups is 2.